The highest BCUT2D eigenvalue weighted by atomic mass is 16.2. The molecule has 0 saturated heterocycles. The summed E-state index contributed by atoms with van der Waals surface area (Å²) in [6.45, 7) is 4.92. The lowest BCUT2D eigenvalue weighted by atomic mass is 10.1. The first-order chi connectivity index (χ1) is 7.68. The average molecular weight is 221 g/mol. The van der Waals surface area contributed by atoms with Crippen LogP contribution in [0.25, 0.3) is 0 Å². The van der Waals surface area contributed by atoms with Crippen LogP contribution in [0.1, 0.15) is 31.0 Å². The average Bonchev–Trinajstić information content (AvgIpc) is 2.85. The maximum atomic E-state index is 11.5. The van der Waals surface area contributed by atoms with Crippen molar-refractivity contribution in [2.75, 3.05) is 6.54 Å². The highest BCUT2D eigenvalue weighted by molar-refractivity contribution is 5.81. The van der Waals surface area contributed by atoms with Gasteiger partial charge in [-0.15, -0.1) is 0 Å². The van der Waals surface area contributed by atoms with Gasteiger partial charge in [0.2, 0.25) is 5.91 Å². The molecule has 1 aromatic rings. The van der Waals surface area contributed by atoms with Crippen molar-refractivity contribution >= 4 is 5.91 Å². The second kappa shape index (κ2) is 4.68. The van der Waals surface area contributed by atoms with E-state index < -0.39 is 0 Å². The summed E-state index contributed by atoms with van der Waals surface area (Å²) in [5.41, 5.74) is 2.37. The number of nitrogens with one attached hydrogen (secondary N) is 2. The first-order valence-electron chi connectivity index (χ1n) is 5.95. The maximum absolute atomic E-state index is 11.5. The summed E-state index contributed by atoms with van der Waals surface area (Å²) in [5, 5.41) is 9.87. The van der Waals surface area contributed by atoms with Crippen molar-refractivity contribution in [3.63, 3.8) is 0 Å². The molecular weight excluding hydrogens is 202 g/mol. The number of carbonyl (C=O) groups excluding carboxylic acids is 1. The van der Waals surface area contributed by atoms with Crippen LogP contribution in [0.5, 0.6) is 0 Å². The van der Waals surface area contributed by atoms with Gasteiger partial charge in [0.05, 0.1) is 6.20 Å². The Morgan fingerprint density at radius 1 is 1.69 bits per heavy atom. The first-order valence-corrected chi connectivity index (χ1v) is 5.95. The lowest BCUT2D eigenvalue weighted by Crippen LogP contribution is -2.26. The van der Waals surface area contributed by atoms with Crippen LogP contribution < -0.4 is 5.32 Å². The van der Waals surface area contributed by atoms with Crippen LogP contribution in [0.2, 0.25) is 0 Å². The largest absolute Gasteiger partial charge is 0.356 e. The van der Waals surface area contributed by atoms with E-state index in [-0.39, 0.29) is 11.8 Å². The van der Waals surface area contributed by atoms with Crippen molar-refractivity contribution in [1.82, 2.24) is 15.5 Å². The van der Waals surface area contributed by atoms with Crippen LogP contribution in [0.3, 0.4) is 0 Å². The highest BCUT2D eigenvalue weighted by Gasteiger charge is 2.38. The Labute approximate surface area is 95.8 Å². The van der Waals surface area contributed by atoms with Crippen LogP contribution >= 0.6 is 0 Å². The summed E-state index contributed by atoms with van der Waals surface area (Å²) in [5.74, 6) is 1.11. The molecule has 1 saturated carbocycles. The minimum Gasteiger partial charge on any atom is -0.356 e. The topological polar surface area (TPSA) is 57.8 Å². The van der Waals surface area contributed by atoms with E-state index in [1.54, 1.807) is 0 Å². The molecule has 2 N–H and O–H groups in total. The van der Waals surface area contributed by atoms with Crippen molar-refractivity contribution in [3.8, 4) is 0 Å². The Bertz CT molecular complexity index is 372. The molecule has 1 heterocycles. The van der Waals surface area contributed by atoms with Gasteiger partial charge in [0.1, 0.15) is 0 Å². The fourth-order valence-corrected chi connectivity index (χ4v) is 1.94. The van der Waals surface area contributed by atoms with Gasteiger partial charge in [0.25, 0.3) is 0 Å². The number of H-pyrrole nitrogens is 1. The zero-order chi connectivity index (χ0) is 11.5. The fourth-order valence-electron chi connectivity index (χ4n) is 1.94. The predicted octanol–water partition coefficient (Wildman–Crippen LogP) is 1.42. The van der Waals surface area contributed by atoms with E-state index in [0.717, 1.165) is 31.5 Å². The van der Waals surface area contributed by atoms with E-state index in [1.807, 2.05) is 13.1 Å². The SMILES string of the molecule is Cc1[nH]ncc1CCCNC(=O)C1CC1C. The quantitative estimate of drug-likeness (QED) is 0.739. The Morgan fingerprint density at radius 2 is 2.44 bits per heavy atom. The van der Waals surface area contributed by atoms with Gasteiger partial charge in [-0.3, -0.25) is 9.89 Å². The van der Waals surface area contributed by atoms with Gasteiger partial charge in [-0.1, -0.05) is 6.92 Å². The Morgan fingerprint density at radius 3 is 3.00 bits per heavy atom. The molecule has 1 aromatic heterocycles. The molecule has 2 atom stereocenters. The molecule has 0 aliphatic heterocycles. The van der Waals surface area contributed by atoms with Crippen LogP contribution in [0, 0.1) is 18.8 Å². The molecule has 4 heteroatoms. The Balaban J connectivity index is 1.62. The number of nitrogens with zero attached hydrogens (tertiary/aromatic N) is 1. The molecule has 1 aliphatic rings. The van der Waals surface area contributed by atoms with E-state index in [4.69, 9.17) is 0 Å². The Kier molecular flexibility index (Phi) is 3.27. The second-order valence-corrected chi connectivity index (χ2v) is 4.73. The van der Waals surface area contributed by atoms with Crippen LogP contribution in [0.4, 0.5) is 0 Å². The smallest absolute Gasteiger partial charge is 0.223 e. The van der Waals surface area contributed by atoms with E-state index in [0.29, 0.717) is 5.92 Å². The van der Waals surface area contributed by atoms with Gasteiger partial charge < -0.3 is 5.32 Å². The zero-order valence-corrected chi connectivity index (χ0v) is 9.92. The van der Waals surface area contributed by atoms with Crippen LogP contribution in [0.15, 0.2) is 6.20 Å². The fraction of sp³-hybridized carbons (Fsp3) is 0.667. The summed E-state index contributed by atoms with van der Waals surface area (Å²) in [6, 6.07) is 0. The van der Waals surface area contributed by atoms with Gasteiger partial charge in [-0.25, -0.2) is 0 Å². The van der Waals surface area contributed by atoms with E-state index in [1.165, 1.54) is 5.56 Å². The van der Waals surface area contributed by atoms with Gasteiger partial charge in [-0.2, -0.15) is 5.10 Å². The standard InChI is InChI=1S/C12H19N3O/c1-8-6-11(8)12(16)13-5-3-4-10-7-14-15-9(10)2/h7-8,11H,3-6H2,1-2H3,(H,13,16)(H,14,15). The van der Waals surface area contributed by atoms with Crippen molar-refractivity contribution < 1.29 is 4.79 Å². The van der Waals surface area contributed by atoms with Gasteiger partial charge >= 0.3 is 0 Å². The molecule has 16 heavy (non-hydrogen) atoms. The molecule has 2 rings (SSSR count). The zero-order valence-electron chi connectivity index (χ0n) is 9.92. The Hall–Kier alpha value is -1.32. The molecule has 0 bridgehead atoms. The van der Waals surface area contributed by atoms with Crippen LogP contribution in [-0.2, 0) is 11.2 Å². The van der Waals surface area contributed by atoms with E-state index in [2.05, 4.69) is 22.4 Å². The number of hydrogen-bond acceptors (Lipinski definition) is 2. The van der Waals surface area contributed by atoms with E-state index in [9.17, 15) is 4.79 Å². The van der Waals surface area contributed by atoms with Crippen molar-refractivity contribution in [1.29, 1.82) is 0 Å². The molecule has 0 spiro atoms. The summed E-state index contributed by atoms with van der Waals surface area (Å²) in [6.07, 6.45) is 4.88. The summed E-state index contributed by atoms with van der Waals surface area (Å²) in [7, 11) is 0. The van der Waals surface area contributed by atoms with Crippen molar-refractivity contribution in [2.45, 2.75) is 33.1 Å². The number of carbonyl (C=O) groups is 1. The maximum Gasteiger partial charge on any atom is 0.223 e. The molecule has 0 aromatic carbocycles. The molecule has 2 unspecified atom stereocenters. The third-order valence-electron chi connectivity index (χ3n) is 3.30. The highest BCUT2D eigenvalue weighted by Crippen LogP contribution is 2.37. The summed E-state index contributed by atoms with van der Waals surface area (Å²) in [4.78, 5) is 11.5. The molecular formula is C12H19N3O. The van der Waals surface area contributed by atoms with Crippen molar-refractivity contribution in [3.05, 3.63) is 17.5 Å². The molecule has 1 amide bonds. The molecule has 1 fully saturated rings. The molecule has 88 valence electrons. The molecule has 4 nitrogen and oxygen atoms in total. The molecule has 1 aliphatic carbocycles. The number of aryl methyl sites for hydroxylation is 2. The predicted molar refractivity (Wildman–Crippen MR) is 61.9 cm³/mol. The minimum absolute atomic E-state index is 0.233. The number of aromatic nitrogens is 2. The number of rotatable bonds is 5. The minimum atomic E-state index is 0.233. The normalized spacial score (nSPS) is 23.1. The van der Waals surface area contributed by atoms with Gasteiger partial charge in [-0.05, 0) is 37.7 Å². The lowest BCUT2D eigenvalue weighted by Gasteiger charge is -2.03. The third-order valence-corrected chi connectivity index (χ3v) is 3.30. The first kappa shape index (κ1) is 11.2. The third kappa shape index (κ3) is 2.62. The van der Waals surface area contributed by atoms with Gasteiger partial charge in [0.15, 0.2) is 0 Å². The van der Waals surface area contributed by atoms with Crippen molar-refractivity contribution in [2.24, 2.45) is 11.8 Å². The second-order valence-electron chi connectivity index (χ2n) is 4.73. The number of hydrogen-bond donors (Lipinski definition) is 2. The summed E-state index contributed by atoms with van der Waals surface area (Å²) >= 11 is 0. The number of aromatic amines is 1. The molecule has 0 radical (unpaired) electrons. The lowest BCUT2D eigenvalue weighted by molar-refractivity contribution is -0.122. The van der Waals surface area contributed by atoms with E-state index >= 15 is 0 Å². The van der Waals surface area contributed by atoms with Crippen LogP contribution in [-0.4, -0.2) is 22.6 Å². The number of amides is 1. The monoisotopic (exact) mass is 221 g/mol. The summed E-state index contributed by atoms with van der Waals surface area (Å²) < 4.78 is 0. The van der Waals surface area contributed by atoms with Gasteiger partial charge in [0, 0.05) is 18.2 Å².